The lowest BCUT2D eigenvalue weighted by molar-refractivity contribution is -0.145. The molecule has 0 aliphatic carbocycles. The summed E-state index contributed by atoms with van der Waals surface area (Å²) in [5, 5.41) is 12.5. The van der Waals surface area contributed by atoms with Crippen LogP contribution in [0, 0.1) is 6.92 Å². The minimum absolute atomic E-state index is 0.112. The van der Waals surface area contributed by atoms with Crippen molar-refractivity contribution in [2.24, 2.45) is 0 Å². The number of hydrogen-bond acceptors (Lipinski definition) is 2. The molecule has 16 heavy (non-hydrogen) atoms. The van der Waals surface area contributed by atoms with Gasteiger partial charge in [-0.2, -0.15) is 0 Å². The van der Waals surface area contributed by atoms with Gasteiger partial charge in [-0.15, -0.1) is 0 Å². The van der Waals surface area contributed by atoms with Gasteiger partial charge in [-0.25, -0.2) is 4.79 Å². The third-order valence-corrected chi connectivity index (χ3v) is 2.69. The van der Waals surface area contributed by atoms with Crippen LogP contribution < -0.4 is 5.32 Å². The van der Waals surface area contributed by atoms with Crippen LogP contribution in [0.5, 0.6) is 0 Å². The molecule has 88 valence electrons. The minimum atomic E-state index is -1.03. The molecule has 1 unspecified atom stereocenters. The molecule has 2 N–H and O–H groups in total. The fourth-order valence-corrected chi connectivity index (χ4v) is 1.97. The van der Waals surface area contributed by atoms with Gasteiger partial charge in [0.15, 0.2) is 0 Å². The molecule has 0 bridgehead atoms. The van der Waals surface area contributed by atoms with E-state index in [0.29, 0.717) is 0 Å². The van der Waals surface area contributed by atoms with Crippen molar-refractivity contribution in [3.8, 4) is 0 Å². The lowest BCUT2D eigenvalue weighted by Gasteiger charge is -2.30. The van der Waals surface area contributed by atoms with Gasteiger partial charge in [0.25, 0.3) is 0 Å². The van der Waals surface area contributed by atoms with Crippen LogP contribution in [0.2, 0.25) is 0 Å². The number of carboxylic acids is 1. The molecule has 0 fully saturated rings. The van der Waals surface area contributed by atoms with E-state index in [-0.39, 0.29) is 6.04 Å². The maximum atomic E-state index is 11.4. The summed E-state index contributed by atoms with van der Waals surface area (Å²) in [5.41, 5.74) is 0.774. The number of carboxylic acid groups (broad SMARTS) is 1. The lowest BCUT2D eigenvalue weighted by Crippen LogP contribution is -2.50. The summed E-state index contributed by atoms with van der Waals surface area (Å²) in [5.74, 6) is -0.851. The molecule has 0 aliphatic heterocycles. The Morgan fingerprint density at radius 3 is 2.38 bits per heavy atom. The highest BCUT2D eigenvalue weighted by Gasteiger charge is 2.36. The van der Waals surface area contributed by atoms with Gasteiger partial charge in [-0.1, -0.05) is 24.3 Å². The number of nitrogens with one attached hydrogen (secondary N) is 1. The van der Waals surface area contributed by atoms with E-state index in [1.807, 2.05) is 45.0 Å². The first-order valence-corrected chi connectivity index (χ1v) is 5.45. The van der Waals surface area contributed by atoms with Gasteiger partial charge in [0.05, 0.1) is 0 Å². The third kappa shape index (κ3) is 2.42. The Morgan fingerprint density at radius 2 is 1.94 bits per heavy atom. The second-order valence-corrected chi connectivity index (χ2v) is 4.54. The first-order chi connectivity index (χ1) is 7.38. The molecule has 0 heterocycles. The van der Waals surface area contributed by atoms with E-state index in [1.165, 1.54) is 0 Å². The van der Waals surface area contributed by atoms with Crippen LogP contribution in [0.4, 0.5) is 0 Å². The summed E-state index contributed by atoms with van der Waals surface area (Å²) >= 11 is 0. The van der Waals surface area contributed by atoms with Crippen molar-refractivity contribution in [2.45, 2.75) is 39.3 Å². The first-order valence-electron chi connectivity index (χ1n) is 5.45. The summed E-state index contributed by atoms with van der Waals surface area (Å²) < 4.78 is 0. The smallest absolute Gasteiger partial charge is 0.328 e. The Kier molecular flexibility index (Phi) is 3.70. The molecule has 3 heteroatoms. The minimum Gasteiger partial charge on any atom is -0.480 e. The van der Waals surface area contributed by atoms with Crippen molar-refractivity contribution in [1.29, 1.82) is 0 Å². The van der Waals surface area contributed by atoms with Crippen LogP contribution in [0.3, 0.4) is 0 Å². The molecule has 0 spiro atoms. The zero-order valence-corrected chi connectivity index (χ0v) is 10.2. The molecular weight excluding hydrogens is 202 g/mol. The Balaban J connectivity index is 3.22. The topological polar surface area (TPSA) is 49.3 Å². The Morgan fingerprint density at radius 1 is 1.38 bits per heavy atom. The van der Waals surface area contributed by atoms with E-state index in [2.05, 4.69) is 5.32 Å². The second kappa shape index (κ2) is 4.66. The van der Waals surface area contributed by atoms with Crippen LogP contribution in [-0.2, 0) is 10.3 Å². The maximum Gasteiger partial charge on any atom is 0.328 e. The average Bonchev–Trinajstić information content (AvgIpc) is 2.16. The van der Waals surface area contributed by atoms with Crippen molar-refractivity contribution >= 4 is 5.97 Å². The molecule has 3 nitrogen and oxygen atoms in total. The predicted octanol–water partition coefficient (Wildman–Crippen LogP) is 2.29. The van der Waals surface area contributed by atoms with E-state index in [4.69, 9.17) is 0 Å². The van der Waals surface area contributed by atoms with Crippen LogP contribution >= 0.6 is 0 Å². The molecule has 1 rings (SSSR count). The average molecular weight is 221 g/mol. The standard InChI is InChI=1S/C13H19NO2/c1-9(2)14-13(4,12(15)16)11-8-6-5-7-10(11)3/h5-9,14H,1-4H3,(H,15,16). The van der Waals surface area contributed by atoms with Gasteiger partial charge in [0.1, 0.15) is 5.54 Å². The monoisotopic (exact) mass is 221 g/mol. The highest BCUT2D eigenvalue weighted by Crippen LogP contribution is 2.24. The van der Waals surface area contributed by atoms with E-state index >= 15 is 0 Å². The summed E-state index contributed by atoms with van der Waals surface area (Å²) in [6.07, 6.45) is 0. The molecule has 0 aliphatic rings. The number of benzene rings is 1. The van der Waals surface area contributed by atoms with Crippen LogP contribution in [0.15, 0.2) is 24.3 Å². The zero-order chi connectivity index (χ0) is 12.3. The van der Waals surface area contributed by atoms with Gasteiger partial charge in [0, 0.05) is 6.04 Å². The van der Waals surface area contributed by atoms with E-state index in [9.17, 15) is 9.90 Å². The normalized spacial score (nSPS) is 14.8. The summed E-state index contributed by atoms with van der Waals surface area (Å²) in [6, 6.07) is 7.68. The zero-order valence-electron chi connectivity index (χ0n) is 10.2. The highest BCUT2D eigenvalue weighted by molar-refractivity contribution is 5.80. The number of aliphatic carboxylic acids is 1. The Labute approximate surface area is 96.5 Å². The third-order valence-electron chi connectivity index (χ3n) is 2.69. The van der Waals surface area contributed by atoms with Crippen molar-refractivity contribution < 1.29 is 9.90 Å². The largest absolute Gasteiger partial charge is 0.480 e. The molecule has 1 aromatic rings. The Hall–Kier alpha value is -1.35. The fourth-order valence-electron chi connectivity index (χ4n) is 1.97. The molecule has 0 amide bonds. The quantitative estimate of drug-likeness (QED) is 0.820. The molecule has 0 radical (unpaired) electrons. The molecule has 0 saturated heterocycles. The lowest BCUT2D eigenvalue weighted by atomic mass is 9.88. The van der Waals surface area contributed by atoms with Gasteiger partial charge >= 0.3 is 5.97 Å². The van der Waals surface area contributed by atoms with Crippen molar-refractivity contribution in [2.75, 3.05) is 0 Å². The molecular formula is C13H19NO2. The predicted molar refractivity (Wildman–Crippen MR) is 64.4 cm³/mol. The summed E-state index contributed by atoms with van der Waals surface area (Å²) in [6.45, 7) is 7.52. The van der Waals surface area contributed by atoms with E-state index < -0.39 is 11.5 Å². The van der Waals surface area contributed by atoms with Crippen LogP contribution in [0.1, 0.15) is 31.9 Å². The number of hydrogen-bond donors (Lipinski definition) is 2. The maximum absolute atomic E-state index is 11.4. The number of rotatable bonds is 4. The van der Waals surface area contributed by atoms with E-state index in [0.717, 1.165) is 11.1 Å². The summed E-state index contributed by atoms with van der Waals surface area (Å²) in [7, 11) is 0. The molecule has 1 atom stereocenters. The van der Waals surface area contributed by atoms with E-state index in [1.54, 1.807) is 6.92 Å². The Bertz CT molecular complexity index is 387. The highest BCUT2D eigenvalue weighted by atomic mass is 16.4. The number of carbonyl (C=O) groups is 1. The van der Waals surface area contributed by atoms with Crippen LogP contribution in [-0.4, -0.2) is 17.1 Å². The van der Waals surface area contributed by atoms with Crippen molar-refractivity contribution in [3.63, 3.8) is 0 Å². The molecule has 1 aromatic carbocycles. The second-order valence-electron chi connectivity index (χ2n) is 4.54. The van der Waals surface area contributed by atoms with Gasteiger partial charge in [-0.3, -0.25) is 5.32 Å². The van der Waals surface area contributed by atoms with Crippen molar-refractivity contribution in [1.82, 2.24) is 5.32 Å². The fraction of sp³-hybridized carbons (Fsp3) is 0.462. The number of aryl methyl sites for hydroxylation is 1. The van der Waals surface area contributed by atoms with Gasteiger partial charge < -0.3 is 5.11 Å². The summed E-state index contributed by atoms with van der Waals surface area (Å²) in [4.78, 5) is 11.4. The molecule has 0 saturated carbocycles. The first kappa shape index (κ1) is 12.7. The van der Waals surface area contributed by atoms with Crippen LogP contribution in [0.25, 0.3) is 0 Å². The van der Waals surface area contributed by atoms with Gasteiger partial charge in [-0.05, 0) is 38.8 Å². The molecule has 0 aromatic heterocycles. The van der Waals surface area contributed by atoms with Crippen molar-refractivity contribution in [3.05, 3.63) is 35.4 Å². The SMILES string of the molecule is Cc1ccccc1C(C)(NC(C)C)C(=O)O. The van der Waals surface area contributed by atoms with Gasteiger partial charge in [0.2, 0.25) is 0 Å².